The summed E-state index contributed by atoms with van der Waals surface area (Å²) in [6, 6.07) is 30.1. The van der Waals surface area contributed by atoms with E-state index in [1.165, 1.54) is 25.3 Å². The van der Waals surface area contributed by atoms with Crippen LogP contribution >= 0.6 is 0 Å². The predicted molar refractivity (Wildman–Crippen MR) is 198 cm³/mol. The predicted octanol–water partition coefficient (Wildman–Crippen LogP) is 3.73. The van der Waals surface area contributed by atoms with Gasteiger partial charge in [0, 0.05) is 64.2 Å². The van der Waals surface area contributed by atoms with Crippen molar-refractivity contribution in [3.8, 4) is 0 Å². The number of carbonyl (C=O) groups excluding carboxylic acids is 2. The number of methoxy groups -OCH3 is 2. The fourth-order valence-corrected chi connectivity index (χ4v) is 4.68. The number of benzene rings is 3. The molecule has 0 radical (unpaired) electrons. The molecule has 0 fully saturated rings. The van der Waals surface area contributed by atoms with E-state index in [1.807, 2.05) is 66.7 Å². The molecule has 0 saturated heterocycles. The van der Waals surface area contributed by atoms with Gasteiger partial charge in [0.25, 0.3) is 0 Å². The van der Waals surface area contributed by atoms with E-state index in [9.17, 15) is 9.59 Å². The molecule has 11 nitrogen and oxygen atoms in total. The van der Waals surface area contributed by atoms with Gasteiger partial charge >= 0.3 is 11.9 Å². The lowest BCUT2D eigenvalue weighted by molar-refractivity contribution is -0.143. The van der Waals surface area contributed by atoms with Gasteiger partial charge in [-0.2, -0.15) is 0 Å². The van der Waals surface area contributed by atoms with Crippen molar-refractivity contribution in [3.05, 3.63) is 108 Å². The molecule has 0 bridgehead atoms. The first kappa shape index (κ1) is 46.3. The number of nitrogens with one attached hydrogen (secondary N) is 3. The Bertz CT molecular complexity index is 1120. The van der Waals surface area contributed by atoms with Crippen LogP contribution in [0.15, 0.2) is 91.0 Å². The second-order valence-electron chi connectivity index (χ2n) is 11.3. The lowest BCUT2D eigenvalue weighted by Crippen LogP contribution is -2.33. The first-order chi connectivity index (χ1) is 23.9. The zero-order chi connectivity index (χ0) is 36.0. The summed E-state index contributed by atoms with van der Waals surface area (Å²) >= 11 is 0. The summed E-state index contributed by atoms with van der Waals surface area (Å²) in [6.45, 7) is 2.79. The van der Waals surface area contributed by atoms with E-state index >= 15 is 0 Å². The summed E-state index contributed by atoms with van der Waals surface area (Å²) in [6.07, 6.45) is 3.03. The number of hydrogen-bond donors (Lipinski definition) is 7. The van der Waals surface area contributed by atoms with E-state index in [-0.39, 0.29) is 76.8 Å². The van der Waals surface area contributed by atoms with Gasteiger partial charge in [-0.15, -0.1) is 0 Å². The van der Waals surface area contributed by atoms with Crippen LogP contribution in [0, 0.1) is 0 Å². The van der Waals surface area contributed by atoms with Crippen LogP contribution in [0.5, 0.6) is 0 Å². The highest BCUT2D eigenvalue weighted by Gasteiger charge is 2.18. The van der Waals surface area contributed by atoms with Gasteiger partial charge in [0.1, 0.15) is 0 Å². The molecule has 0 amide bonds. The van der Waals surface area contributed by atoms with Crippen LogP contribution in [0.4, 0.5) is 0 Å². The topological polar surface area (TPSA) is 170 Å². The van der Waals surface area contributed by atoms with Gasteiger partial charge in [0.2, 0.25) is 0 Å². The summed E-state index contributed by atoms with van der Waals surface area (Å²) in [7, 11) is 2.66. The SMILES string of the molecule is C.COC(=O)CC(CC(=O)OC)NCc1ccccc1.OCCC(CCO)NCc1ccccc1.OCCC(CCO)NCc1ccccc1. The number of aliphatic hydroxyl groups is 4. The second-order valence-corrected chi connectivity index (χ2v) is 11.3. The Morgan fingerprint density at radius 2 is 0.760 bits per heavy atom. The van der Waals surface area contributed by atoms with Gasteiger partial charge < -0.3 is 45.9 Å². The van der Waals surface area contributed by atoms with Crippen LogP contribution in [-0.2, 0) is 38.7 Å². The first-order valence-corrected chi connectivity index (χ1v) is 16.8. The highest BCUT2D eigenvalue weighted by Crippen LogP contribution is 2.06. The molecular formula is C39H61N3O8. The Morgan fingerprint density at radius 3 is 1.00 bits per heavy atom. The number of ether oxygens (including phenoxy) is 2. The average Bonchev–Trinajstić information content (AvgIpc) is 3.14. The van der Waals surface area contributed by atoms with E-state index in [4.69, 9.17) is 20.4 Å². The van der Waals surface area contributed by atoms with Crippen LogP contribution in [0.25, 0.3) is 0 Å². The monoisotopic (exact) mass is 699 g/mol. The first-order valence-electron chi connectivity index (χ1n) is 16.8. The van der Waals surface area contributed by atoms with Gasteiger partial charge in [-0.05, 0) is 42.4 Å². The van der Waals surface area contributed by atoms with Crippen molar-refractivity contribution < 1.29 is 39.5 Å². The van der Waals surface area contributed by atoms with Gasteiger partial charge in [0.15, 0.2) is 0 Å². The molecule has 0 saturated carbocycles. The largest absolute Gasteiger partial charge is 0.469 e. The van der Waals surface area contributed by atoms with E-state index in [2.05, 4.69) is 49.7 Å². The number of aliphatic hydroxyl groups excluding tert-OH is 4. The number of carbonyl (C=O) groups is 2. The van der Waals surface area contributed by atoms with E-state index in [0.29, 0.717) is 32.2 Å². The molecule has 50 heavy (non-hydrogen) atoms. The fraction of sp³-hybridized carbons (Fsp3) is 0.487. The molecule has 3 aromatic carbocycles. The molecule has 0 aliphatic heterocycles. The molecule has 7 N–H and O–H groups in total. The lowest BCUT2D eigenvalue weighted by Gasteiger charge is -2.16. The highest BCUT2D eigenvalue weighted by molar-refractivity contribution is 5.73. The summed E-state index contributed by atoms with van der Waals surface area (Å²) in [5.41, 5.74) is 3.53. The van der Waals surface area contributed by atoms with Crippen molar-refractivity contribution in [2.24, 2.45) is 0 Å². The van der Waals surface area contributed by atoms with Gasteiger partial charge in [-0.3, -0.25) is 9.59 Å². The molecule has 3 rings (SSSR count). The molecule has 0 spiro atoms. The number of esters is 2. The minimum Gasteiger partial charge on any atom is -0.469 e. The second kappa shape index (κ2) is 31.3. The third kappa shape index (κ3) is 23.6. The van der Waals surface area contributed by atoms with Crippen molar-refractivity contribution in [2.75, 3.05) is 40.6 Å². The maximum absolute atomic E-state index is 11.3. The average molecular weight is 700 g/mol. The molecule has 3 aromatic rings. The summed E-state index contributed by atoms with van der Waals surface area (Å²) in [5, 5.41) is 45.2. The maximum Gasteiger partial charge on any atom is 0.307 e. The Kier molecular flexibility index (Phi) is 29.0. The summed E-state index contributed by atoms with van der Waals surface area (Å²) in [5.74, 6) is -0.705. The molecule has 0 unspecified atom stereocenters. The summed E-state index contributed by atoms with van der Waals surface area (Å²) < 4.78 is 9.23. The minimum atomic E-state index is -0.352. The zero-order valence-corrected chi connectivity index (χ0v) is 29.0. The molecule has 0 heterocycles. The van der Waals surface area contributed by atoms with Crippen molar-refractivity contribution >= 4 is 11.9 Å². The van der Waals surface area contributed by atoms with E-state index < -0.39 is 0 Å². The van der Waals surface area contributed by atoms with Crippen molar-refractivity contribution in [1.82, 2.24) is 16.0 Å². The van der Waals surface area contributed by atoms with Crippen LogP contribution in [0.2, 0.25) is 0 Å². The van der Waals surface area contributed by atoms with Crippen LogP contribution in [0.3, 0.4) is 0 Å². The molecule has 0 aromatic heterocycles. The lowest BCUT2D eigenvalue weighted by atomic mass is 10.1. The highest BCUT2D eigenvalue weighted by atomic mass is 16.5. The third-order valence-corrected chi connectivity index (χ3v) is 7.50. The fourth-order valence-electron chi connectivity index (χ4n) is 4.68. The Labute approximate surface area is 299 Å². The quantitative estimate of drug-likeness (QED) is 0.0810. The van der Waals surface area contributed by atoms with Gasteiger partial charge in [-0.1, -0.05) is 98.4 Å². The molecular weight excluding hydrogens is 638 g/mol. The molecule has 0 aliphatic rings. The zero-order valence-electron chi connectivity index (χ0n) is 29.0. The summed E-state index contributed by atoms with van der Waals surface area (Å²) in [4.78, 5) is 22.6. The molecule has 11 heteroatoms. The van der Waals surface area contributed by atoms with Crippen molar-refractivity contribution in [2.45, 2.75) is 83.7 Å². The normalized spacial score (nSPS) is 10.4. The minimum absolute atomic E-state index is 0. The molecule has 0 atom stereocenters. The maximum atomic E-state index is 11.3. The standard InChI is InChI=1S/C14H19NO4.2C12H19NO2.CH4/c1-18-13(16)8-12(9-14(17)19-2)15-10-11-6-4-3-5-7-11;2*14-8-6-12(7-9-15)13-10-11-4-2-1-3-5-11;/h3-7,12,15H,8-10H2,1-2H3;2*1-5,12-15H,6-10H2;1H4. The third-order valence-electron chi connectivity index (χ3n) is 7.50. The van der Waals surface area contributed by atoms with Gasteiger partial charge in [-0.25, -0.2) is 0 Å². The van der Waals surface area contributed by atoms with E-state index in [1.54, 1.807) is 0 Å². The van der Waals surface area contributed by atoms with Crippen molar-refractivity contribution in [1.29, 1.82) is 0 Å². The number of rotatable bonds is 21. The van der Waals surface area contributed by atoms with Crippen LogP contribution < -0.4 is 16.0 Å². The molecule has 280 valence electrons. The van der Waals surface area contributed by atoms with Crippen LogP contribution in [-0.4, -0.2) is 91.1 Å². The Hall–Kier alpha value is -3.68. The Morgan fingerprint density at radius 1 is 0.500 bits per heavy atom. The number of hydrogen-bond acceptors (Lipinski definition) is 11. The Balaban J connectivity index is 0.000000720. The smallest absolute Gasteiger partial charge is 0.307 e. The van der Waals surface area contributed by atoms with Crippen LogP contribution in [0.1, 0.15) is 62.6 Å². The van der Waals surface area contributed by atoms with E-state index in [0.717, 1.165) is 18.7 Å². The van der Waals surface area contributed by atoms with Crippen molar-refractivity contribution in [3.63, 3.8) is 0 Å². The van der Waals surface area contributed by atoms with Gasteiger partial charge in [0.05, 0.1) is 27.1 Å². The molecule has 0 aliphatic carbocycles.